The number of azo groups is 1. The summed E-state index contributed by atoms with van der Waals surface area (Å²) in [6.45, 7) is 0.0177. The van der Waals surface area contributed by atoms with Crippen molar-refractivity contribution < 1.29 is 0 Å². The van der Waals surface area contributed by atoms with Crippen LogP contribution >= 0.6 is 0 Å². The van der Waals surface area contributed by atoms with Gasteiger partial charge in [-0.2, -0.15) is 20.0 Å². The van der Waals surface area contributed by atoms with Crippen molar-refractivity contribution in [2.75, 3.05) is 5.73 Å². The molecule has 0 aliphatic heterocycles. The molecule has 0 aliphatic carbocycles. The average Bonchev–Trinajstić information content (AvgIpc) is 3.58. The van der Waals surface area contributed by atoms with Gasteiger partial charge in [-0.3, -0.25) is 0 Å². The Balaban J connectivity index is 1.61. The number of nitrogens with two attached hydrogens (primary N) is 2. The molecule has 0 spiro atoms. The summed E-state index contributed by atoms with van der Waals surface area (Å²) in [4.78, 5) is 17.5. The fourth-order valence-electron chi connectivity index (χ4n) is 3.37. The number of anilines is 1. The molecule has 0 saturated carbocycles. The highest BCUT2D eigenvalue weighted by atomic mass is 15.4. The van der Waals surface area contributed by atoms with Gasteiger partial charge in [-0.25, -0.2) is 24.6 Å². The van der Waals surface area contributed by atoms with E-state index in [0.29, 0.717) is 39.5 Å². The molecule has 5 aromatic rings. The molecule has 14 nitrogen and oxygen atoms in total. The molecular formula is C21H16N14. The maximum absolute atomic E-state index is 9.34. The fraction of sp³-hybridized carbons (Fsp3) is 0.0476. The van der Waals surface area contributed by atoms with Crippen LogP contribution in [0.4, 0.5) is 5.95 Å². The second-order valence-electron chi connectivity index (χ2n) is 7.02. The van der Waals surface area contributed by atoms with E-state index in [9.17, 15) is 5.26 Å². The molecule has 0 fully saturated rings. The summed E-state index contributed by atoms with van der Waals surface area (Å²) in [6.07, 6.45) is 6.24. The van der Waals surface area contributed by atoms with Gasteiger partial charge in [-0.05, 0) is 24.3 Å². The molecule has 0 saturated heterocycles. The Bertz CT molecular complexity index is 1590. The highest BCUT2D eigenvalue weighted by Crippen LogP contribution is 2.33. The normalized spacial score (nSPS) is 11.8. The van der Waals surface area contributed by atoms with Crippen LogP contribution in [0.1, 0.15) is 11.4 Å². The zero-order valence-electron chi connectivity index (χ0n) is 18.0. The van der Waals surface area contributed by atoms with Crippen LogP contribution in [0.5, 0.6) is 0 Å². The monoisotopic (exact) mass is 464 g/mol. The van der Waals surface area contributed by atoms with Crippen LogP contribution in [0, 0.1) is 11.3 Å². The van der Waals surface area contributed by atoms with Gasteiger partial charge in [0.2, 0.25) is 5.95 Å². The van der Waals surface area contributed by atoms with Gasteiger partial charge < -0.3 is 11.6 Å². The number of nitrogens with zero attached hydrogens (tertiary/aromatic N) is 12. The van der Waals surface area contributed by atoms with Crippen LogP contribution in [0.2, 0.25) is 0 Å². The Kier molecular flexibility index (Phi) is 5.54. The lowest BCUT2D eigenvalue weighted by atomic mass is 10.0. The number of hydrogen-bond donors (Lipinski definition) is 2. The molecular weight excluding hydrogens is 448 g/mol. The minimum atomic E-state index is 0.0177. The molecule has 5 rings (SSSR count). The van der Waals surface area contributed by atoms with E-state index in [1.54, 1.807) is 48.9 Å². The number of nitrogen functional groups attached to an aromatic ring is 1. The van der Waals surface area contributed by atoms with Crippen molar-refractivity contribution in [2.45, 2.75) is 6.54 Å². The topological polar surface area (TPSA) is 200 Å². The molecule has 0 aliphatic rings. The fourth-order valence-corrected chi connectivity index (χ4v) is 3.37. The van der Waals surface area contributed by atoms with Crippen molar-refractivity contribution in [3.8, 4) is 28.6 Å². The first kappa shape index (κ1) is 21.3. The smallest absolute Gasteiger partial charge is 0.285 e. The molecule has 1 aromatic carbocycles. The van der Waals surface area contributed by atoms with Crippen LogP contribution < -0.4 is 11.6 Å². The van der Waals surface area contributed by atoms with Crippen molar-refractivity contribution in [1.82, 2.24) is 39.3 Å². The summed E-state index contributed by atoms with van der Waals surface area (Å²) >= 11 is 0. The van der Waals surface area contributed by atoms with Crippen molar-refractivity contribution in [2.24, 2.45) is 21.2 Å². The maximum Gasteiger partial charge on any atom is 0.285 e. The molecule has 170 valence electrons. The number of hydrogen-bond acceptors (Lipinski definition) is 11. The minimum Gasteiger partial charge on any atom is -0.368 e. The van der Waals surface area contributed by atoms with Crippen molar-refractivity contribution in [1.29, 1.82) is 5.26 Å². The lowest BCUT2D eigenvalue weighted by Crippen LogP contribution is -2.11. The van der Waals surface area contributed by atoms with E-state index in [1.165, 1.54) is 15.5 Å². The zero-order chi connectivity index (χ0) is 24.2. The molecule has 35 heavy (non-hydrogen) atoms. The second-order valence-corrected chi connectivity index (χ2v) is 7.02. The van der Waals surface area contributed by atoms with E-state index in [1.807, 2.05) is 6.07 Å². The summed E-state index contributed by atoms with van der Waals surface area (Å²) in [5.41, 5.74) is 9.45. The molecule has 0 amide bonds. The molecule has 0 radical (unpaired) electrons. The number of nitriles is 1. The van der Waals surface area contributed by atoms with Gasteiger partial charge in [0.05, 0.1) is 28.6 Å². The predicted octanol–water partition coefficient (Wildman–Crippen LogP) is 1.63. The van der Waals surface area contributed by atoms with Crippen molar-refractivity contribution in [3.63, 3.8) is 0 Å². The molecule has 4 N–H and O–H groups in total. The number of benzene rings is 1. The summed E-state index contributed by atoms with van der Waals surface area (Å²) in [5.74, 6) is 5.92. The SMILES string of the molecule is N#Cc1cccc(-c2nc(N)n3nc(CN=N/C(=N\N)n4cccn4)nc3c2-c2ccncn2)c1. The van der Waals surface area contributed by atoms with Crippen LogP contribution in [0.25, 0.3) is 28.2 Å². The van der Waals surface area contributed by atoms with Crippen molar-refractivity contribution >= 4 is 17.6 Å². The summed E-state index contributed by atoms with van der Waals surface area (Å²) < 4.78 is 2.78. The number of hydrazone groups is 1. The van der Waals surface area contributed by atoms with Gasteiger partial charge in [-0.1, -0.05) is 12.1 Å². The van der Waals surface area contributed by atoms with Gasteiger partial charge in [-0.15, -0.1) is 15.3 Å². The third-order valence-electron chi connectivity index (χ3n) is 4.86. The number of fused-ring (bicyclic) bond motifs is 1. The number of rotatable bonds is 4. The quantitative estimate of drug-likeness (QED) is 0.130. The molecule has 0 unspecified atom stereocenters. The molecule has 4 aromatic heterocycles. The highest BCUT2D eigenvalue weighted by molar-refractivity contribution is 5.89. The minimum absolute atomic E-state index is 0.0177. The third kappa shape index (κ3) is 4.12. The predicted molar refractivity (Wildman–Crippen MR) is 124 cm³/mol. The van der Waals surface area contributed by atoms with E-state index < -0.39 is 0 Å². The summed E-state index contributed by atoms with van der Waals surface area (Å²) in [7, 11) is 0. The van der Waals surface area contributed by atoms with E-state index in [-0.39, 0.29) is 18.5 Å². The summed E-state index contributed by atoms with van der Waals surface area (Å²) in [5, 5.41) is 29.5. The van der Waals surface area contributed by atoms with Gasteiger partial charge >= 0.3 is 0 Å². The van der Waals surface area contributed by atoms with E-state index >= 15 is 0 Å². The Hall–Kier alpha value is -5.58. The van der Waals surface area contributed by atoms with Gasteiger partial charge in [0.25, 0.3) is 5.96 Å². The third-order valence-corrected chi connectivity index (χ3v) is 4.86. The van der Waals surface area contributed by atoms with E-state index in [4.69, 9.17) is 11.6 Å². The Labute approximate surface area is 197 Å². The molecule has 4 heterocycles. The lowest BCUT2D eigenvalue weighted by molar-refractivity contribution is 0.822. The van der Waals surface area contributed by atoms with Crippen LogP contribution in [-0.4, -0.2) is 45.3 Å². The first-order chi connectivity index (χ1) is 17.2. The van der Waals surface area contributed by atoms with E-state index in [2.05, 4.69) is 51.5 Å². The van der Waals surface area contributed by atoms with Gasteiger partial charge in [0.15, 0.2) is 11.5 Å². The first-order valence-corrected chi connectivity index (χ1v) is 10.2. The zero-order valence-corrected chi connectivity index (χ0v) is 18.0. The van der Waals surface area contributed by atoms with Crippen LogP contribution in [0.3, 0.4) is 0 Å². The largest absolute Gasteiger partial charge is 0.368 e. The van der Waals surface area contributed by atoms with Crippen molar-refractivity contribution in [3.05, 3.63) is 72.7 Å². The second kappa shape index (κ2) is 9.11. The Morgan fingerprint density at radius 1 is 1.14 bits per heavy atom. The summed E-state index contributed by atoms with van der Waals surface area (Å²) in [6, 6.07) is 12.6. The van der Waals surface area contributed by atoms with Crippen LogP contribution in [-0.2, 0) is 6.54 Å². The number of aromatic nitrogens is 8. The van der Waals surface area contributed by atoms with Crippen LogP contribution in [0.15, 0.2) is 76.6 Å². The van der Waals surface area contributed by atoms with E-state index in [0.717, 1.165) is 0 Å². The molecule has 0 atom stereocenters. The molecule has 14 heteroatoms. The van der Waals surface area contributed by atoms with Gasteiger partial charge in [0.1, 0.15) is 12.9 Å². The maximum atomic E-state index is 9.34. The standard InChI is InChI=1S/C21H16N14/c22-10-13-3-1-4-14(9-13)18-17(15-5-7-25-12-26-15)19-29-16(33-35(19)20(23)30-18)11-27-32-21(31-24)34-8-2-6-28-34/h1-9,12H,11,24H2,(H2,23,30)/b31-21+,32-27?. The molecule has 0 bridgehead atoms. The van der Waals surface area contributed by atoms with Gasteiger partial charge in [0, 0.05) is 24.2 Å². The first-order valence-electron chi connectivity index (χ1n) is 10.2. The lowest BCUT2D eigenvalue weighted by Gasteiger charge is -2.11. The Morgan fingerprint density at radius 2 is 2.06 bits per heavy atom. The average molecular weight is 464 g/mol. The Morgan fingerprint density at radius 3 is 2.80 bits per heavy atom. The highest BCUT2D eigenvalue weighted by Gasteiger charge is 2.21.